The summed E-state index contributed by atoms with van der Waals surface area (Å²) in [5, 5.41) is 0. The molecule has 2 aromatic rings. The molecule has 0 bridgehead atoms. The van der Waals surface area contributed by atoms with E-state index in [-0.39, 0.29) is 5.82 Å². The monoisotopic (exact) mass is 319 g/mol. The van der Waals surface area contributed by atoms with E-state index in [4.69, 9.17) is 0 Å². The van der Waals surface area contributed by atoms with E-state index in [9.17, 15) is 12.8 Å². The maximum absolute atomic E-state index is 13.1. The highest BCUT2D eigenvalue weighted by molar-refractivity contribution is 7.88. The van der Waals surface area contributed by atoms with E-state index in [1.54, 1.807) is 12.1 Å². The fraction of sp³-hybridized carbons (Fsp3) is 0.176. The molecule has 0 aromatic heterocycles. The van der Waals surface area contributed by atoms with Crippen molar-refractivity contribution in [1.82, 2.24) is 4.72 Å². The van der Waals surface area contributed by atoms with Crippen molar-refractivity contribution >= 4 is 15.6 Å². The molecule has 0 fully saturated rings. The molecule has 0 amide bonds. The second-order valence-corrected chi connectivity index (χ2v) is 6.91. The maximum atomic E-state index is 13.1. The van der Waals surface area contributed by atoms with E-state index in [1.807, 2.05) is 43.3 Å². The zero-order chi connectivity index (χ0) is 16.2. The van der Waals surface area contributed by atoms with Crippen LogP contribution in [0.2, 0.25) is 0 Å². The summed E-state index contributed by atoms with van der Waals surface area (Å²) in [6, 6.07) is 14.9. The summed E-state index contributed by atoms with van der Waals surface area (Å²) < 4.78 is 38.8. The second-order valence-electron chi connectivity index (χ2n) is 5.13. The van der Waals surface area contributed by atoms with Crippen LogP contribution in [0, 0.1) is 5.82 Å². The van der Waals surface area contributed by atoms with Gasteiger partial charge in [0.05, 0.1) is 12.3 Å². The highest BCUT2D eigenvalue weighted by atomic mass is 32.2. The Hall–Kier alpha value is -1.98. The SMILES string of the molecule is C/C(=C\[C@@H](NS(C)(=O)=O)c1ccc(F)cc1)c1ccccc1. The molecule has 3 nitrogen and oxygen atoms in total. The van der Waals surface area contributed by atoms with E-state index in [0.29, 0.717) is 5.56 Å². The van der Waals surface area contributed by atoms with Crippen LogP contribution >= 0.6 is 0 Å². The number of hydrogen-bond donors (Lipinski definition) is 1. The molecule has 0 unspecified atom stereocenters. The Morgan fingerprint density at radius 3 is 2.23 bits per heavy atom. The van der Waals surface area contributed by atoms with Gasteiger partial charge in [-0.05, 0) is 35.8 Å². The summed E-state index contributed by atoms with van der Waals surface area (Å²) in [5.74, 6) is -0.356. The largest absolute Gasteiger partial charge is 0.213 e. The summed E-state index contributed by atoms with van der Waals surface area (Å²) >= 11 is 0. The Morgan fingerprint density at radius 2 is 1.68 bits per heavy atom. The lowest BCUT2D eigenvalue weighted by molar-refractivity contribution is 0.580. The number of halogens is 1. The number of hydrogen-bond acceptors (Lipinski definition) is 2. The lowest BCUT2D eigenvalue weighted by Gasteiger charge is -2.16. The molecular formula is C17H18FNO2S. The van der Waals surface area contributed by atoms with Crippen LogP contribution in [0.1, 0.15) is 24.1 Å². The van der Waals surface area contributed by atoms with Crippen molar-refractivity contribution in [2.45, 2.75) is 13.0 Å². The van der Waals surface area contributed by atoms with Crippen molar-refractivity contribution in [2.75, 3.05) is 6.26 Å². The molecule has 0 spiro atoms. The first-order valence-electron chi connectivity index (χ1n) is 6.82. The topological polar surface area (TPSA) is 46.2 Å². The molecule has 1 atom stereocenters. The van der Waals surface area contributed by atoms with E-state index in [1.165, 1.54) is 12.1 Å². The molecule has 5 heteroatoms. The minimum atomic E-state index is -3.40. The van der Waals surface area contributed by atoms with Crippen LogP contribution in [-0.4, -0.2) is 14.7 Å². The zero-order valence-electron chi connectivity index (χ0n) is 12.5. The smallest absolute Gasteiger partial charge is 0.209 e. The zero-order valence-corrected chi connectivity index (χ0v) is 13.3. The molecular weight excluding hydrogens is 301 g/mol. The average Bonchev–Trinajstić information content (AvgIpc) is 2.47. The van der Waals surface area contributed by atoms with Crippen LogP contribution < -0.4 is 4.72 Å². The van der Waals surface area contributed by atoms with Gasteiger partial charge >= 0.3 is 0 Å². The number of sulfonamides is 1. The first kappa shape index (κ1) is 16.4. The van der Waals surface area contributed by atoms with Crippen LogP contribution in [0.25, 0.3) is 5.57 Å². The van der Waals surface area contributed by atoms with Crippen molar-refractivity contribution in [3.05, 3.63) is 77.6 Å². The van der Waals surface area contributed by atoms with Gasteiger partial charge < -0.3 is 0 Å². The lowest BCUT2D eigenvalue weighted by atomic mass is 10.0. The maximum Gasteiger partial charge on any atom is 0.209 e. The third kappa shape index (κ3) is 4.79. The minimum Gasteiger partial charge on any atom is -0.213 e. The number of benzene rings is 2. The van der Waals surface area contributed by atoms with Crippen LogP contribution in [0.4, 0.5) is 4.39 Å². The van der Waals surface area contributed by atoms with Gasteiger partial charge in [-0.1, -0.05) is 48.5 Å². The first-order chi connectivity index (χ1) is 10.3. The van der Waals surface area contributed by atoms with Crippen molar-refractivity contribution in [3.8, 4) is 0 Å². The molecule has 2 aromatic carbocycles. The van der Waals surface area contributed by atoms with Crippen molar-refractivity contribution in [2.24, 2.45) is 0 Å². The third-order valence-electron chi connectivity index (χ3n) is 3.22. The Balaban J connectivity index is 2.38. The predicted octanol–water partition coefficient (Wildman–Crippen LogP) is 3.52. The third-order valence-corrected chi connectivity index (χ3v) is 3.90. The van der Waals surface area contributed by atoms with Gasteiger partial charge in [0, 0.05) is 0 Å². The molecule has 0 saturated carbocycles. The van der Waals surface area contributed by atoms with Crippen LogP contribution in [0.5, 0.6) is 0 Å². The Kier molecular flexibility index (Phi) is 5.11. The van der Waals surface area contributed by atoms with E-state index in [0.717, 1.165) is 17.4 Å². The van der Waals surface area contributed by atoms with Crippen molar-refractivity contribution in [3.63, 3.8) is 0 Å². The van der Waals surface area contributed by atoms with Crippen LogP contribution in [0.15, 0.2) is 60.7 Å². The summed E-state index contributed by atoms with van der Waals surface area (Å²) in [7, 11) is -3.40. The highest BCUT2D eigenvalue weighted by Crippen LogP contribution is 2.22. The standard InChI is InChI=1S/C17H18FNO2S/c1-13(14-6-4-3-5-7-14)12-17(19-22(2,20)21)15-8-10-16(18)11-9-15/h3-12,17,19H,1-2H3/b13-12+/t17-/m1/s1. The Bertz CT molecular complexity index is 753. The highest BCUT2D eigenvalue weighted by Gasteiger charge is 2.14. The van der Waals surface area contributed by atoms with Gasteiger partial charge in [0.25, 0.3) is 0 Å². The van der Waals surface area contributed by atoms with Crippen LogP contribution in [-0.2, 0) is 10.0 Å². The molecule has 0 aliphatic rings. The summed E-state index contributed by atoms with van der Waals surface area (Å²) in [6.45, 7) is 1.91. The molecule has 1 N–H and O–H groups in total. The normalized spacial score (nSPS) is 13.9. The van der Waals surface area contributed by atoms with Gasteiger partial charge in [-0.25, -0.2) is 17.5 Å². The van der Waals surface area contributed by atoms with Gasteiger partial charge in [-0.3, -0.25) is 0 Å². The molecule has 0 aliphatic carbocycles. The number of nitrogens with one attached hydrogen (secondary N) is 1. The molecule has 0 heterocycles. The molecule has 0 saturated heterocycles. The summed E-state index contributed by atoms with van der Waals surface area (Å²) in [5.41, 5.74) is 2.62. The fourth-order valence-electron chi connectivity index (χ4n) is 2.15. The molecule has 116 valence electrons. The second kappa shape index (κ2) is 6.85. The van der Waals surface area contributed by atoms with Gasteiger partial charge in [0.15, 0.2) is 0 Å². The Labute approximate surface area is 130 Å². The van der Waals surface area contributed by atoms with Crippen molar-refractivity contribution in [1.29, 1.82) is 0 Å². The minimum absolute atomic E-state index is 0.356. The predicted molar refractivity (Wildman–Crippen MR) is 87.2 cm³/mol. The van der Waals surface area contributed by atoms with Gasteiger partial charge in [0.1, 0.15) is 5.82 Å². The quantitative estimate of drug-likeness (QED) is 0.916. The molecule has 2 rings (SSSR count). The van der Waals surface area contributed by atoms with Gasteiger partial charge in [-0.15, -0.1) is 0 Å². The molecule has 22 heavy (non-hydrogen) atoms. The van der Waals surface area contributed by atoms with E-state index in [2.05, 4.69) is 4.72 Å². The number of allylic oxidation sites excluding steroid dienone is 1. The van der Waals surface area contributed by atoms with E-state index < -0.39 is 16.1 Å². The van der Waals surface area contributed by atoms with Crippen LogP contribution in [0.3, 0.4) is 0 Å². The van der Waals surface area contributed by atoms with E-state index >= 15 is 0 Å². The first-order valence-corrected chi connectivity index (χ1v) is 8.71. The molecule has 0 radical (unpaired) electrons. The van der Waals surface area contributed by atoms with Crippen molar-refractivity contribution < 1.29 is 12.8 Å². The summed E-state index contributed by atoms with van der Waals surface area (Å²) in [4.78, 5) is 0. The fourth-order valence-corrected chi connectivity index (χ4v) is 2.81. The average molecular weight is 319 g/mol. The lowest BCUT2D eigenvalue weighted by Crippen LogP contribution is -2.26. The summed E-state index contributed by atoms with van der Waals surface area (Å²) in [6.07, 6.45) is 2.93. The van der Waals surface area contributed by atoms with Gasteiger partial charge in [-0.2, -0.15) is 0 Å². The molecule has 0 aliphatic heterocycles. The Morgan fingerprint density at radius 1 is 1.09 bits per heavy atom. The number of rotatable bonds is 5. The van der Waals surface area contributed by atoms with Gasteiger partial charge in [0.2, 0.25) is 10.0 Å².